The van der Waals surface area contributed by atoms with E-state index in [0.29, 0.717) is 19.0 Å². The van der Waals surface area contributed by atoms with Gasteiger partial charge in [0, 0.05) is 12.1 Å². The smallest absolute Gasteiger partial charge is 0.233 e. The molecule has 18 heavy (non-hydrogen) atoms. The first-order valence-corrected chi connectivity index (χ1v) is 6.45. The van der Waals surface area contributed by atoms with Crippen LogP contribution in [0.5, 0.6) is 0 Å². The van der Waals surface area contributed by atoms with Crippen molar-refractivity contribution in [1.82, 2.24) is 10.6 Å². The molecule has 1 unspecified atom stereocenters. The van der Waals surface area contributed by atoms with Gasteiger partial charge in [0.25, 0.3) is 0 Å². The molecule has 0 aliphatic rings. The molecule has 1 rings (SSSR count). The molecule has 3 heteroatoms. The number of benzene rings is 1. The van der Waals surface area contributed by atoms with Crippen molar-refractivity contribution in [3.05, 3.63) is 35.9 Å². The molecule has 1 amide bonds. The van der Waals surface area contributed by atoms with Gasteiger partial charge < -0.3 is 10.6 Å². The van der Waals surface area contributed by atoms with Crippen LogP contribution in [-0.2, 0) is 4.79 Å². The molecule has 0 fully saturated rings. The van der Waals surface area contributed by atoms with Crippen molar-refractivity contribution in [3.63, 3.8) is 0 Å². The predicted molar refractivity (Wildman–Crippen MR) is 75.6 cm³/mol. The maximum atomic E-state index is 11.7. The van der Waals surface area contributed by atoms with E-state index in [9.17, 15) is 4.79 Å². The van der Waals surface area contributed by atoms with Crippen LogP contribution in [0, 0.1) is 0 Å². The maximum absolute atomic E-state index is 11.7. The molecule has 1 aromatic carbocycles. The molecule has 0 radical (unpaired) electrons. The zero-order chi connectivity index (χ0) is 13.6. The van der Waals surface area contributed by atoms with Crippen molar-refractivity contribution < 1.29 is 4.79 Å². The third-order valence-corrected chi connectivity index (χ3v) is 2.75. The highest BCUT2D eigenvalue weighted by Crippen LogP contribution is 2.12. The normalized spacial score (nSPS) is 13.1. The second kappa shape index (κ2) is 6.55. The molecule has 0 saturated heterocycles. The highest BCUT2D eigenvalue weighted by molar-refractivity contribution is 5.78. The molecule has 0 spiro atoms. The average Bonchev–Trinajstić information content (AvgIpc) is 2.33. The molecule has 1 atom stereocenters. The zero-order valence-electron chi connectivity index (χ0n) is 11.8. The van der Waals surface area contributed by atoms with Crippen LogP contribution in [0.25, 0.3) is 0 Å². The monoisotopic (exact) mass is 248 g/mol. The zero-order valence-corrected chi connectivity index (χ0v) is 11.8. The Morgan fingerprint density at radius 1 is 1.22 bits per heavy atom. The fourth-order valence-electron chi connectivity index (χ4n) is 1.57. The van der Waals surface area contributed by atoms with E-state index in [4.69, 9.17) is 0 Å². The van der Waals surface area contributed by atoms with Gasteiger partial charge in [-0.05, 0) is 32.3 Å². The number of hydrogen-bond acceptors (Lipinski definition) is 2. The largest absolute Gasteiger partial charge is 0.354 e. The van der Waals surface area contributed by atoms with Crippen LogP contribution in [0.4, 0.5) is 0 Å². The minimum absolute atomic E-state index is 0.0254. The topological polar surface area (TPSA) is 41.1 Å². The number of rotatable bonds is 5. The lowest BCUT2D eigenvalue weighted by molar-refractivity contribution is -0.120. The Labute approximate surface area is 110 Å². The fourth-order valence-corrected chi connectivity index (χ4v) is 1.57. The van der Waals surface area contributed by atoms with Crippen LogP contribution < -0.4 is 10.6 Å². The van der Waals surface area contributed by atoms with Crippen molar-refractivity contribution in [3.8, 4) is 0 Å². The highest BCUT2D eigenvalue weighted by atomic mass is 16.1. The van der Waals surface area contributed by atoms with Gasteiger partial charge in [-0.15, -0.1) is 0 Å². The molecule has 2 N–H and O–H groups in total. The third kappa shape index (κ3) is 5.82. The molecular formula is C15H24N2O. The van der Waals surface area contributed by atoms with E-state index in [0.717, 1.165) is 0 Å². The summed E-state index contributed by atoms with van der Waals surface area (Å²) >= 11 is 0. The Morgan fingerprint density at radius 3 is 2.39 bits per heavy atom. The molecular weight excluding hydrogens is 224 g/mol. The number of carbonyl (C=O) groups is 1. The van der Waals surface area contributed by atoms with Crippen LogP contribution in [0.3, 0.4) is 0 Å². The van der Waals surface area contributed by atoms with Gasteiger partial charge in [-0.25, -0.2) is 0 Å². The maximum Gasteiger partial charge on any atom is 0.233 e. The lowest BCUT2D eigenvalue weighted by atomic mass is 10.0. The molecule has 0 aliphatic heterocycles. The van der Waals surface area contributed by atoms with Gasteiger partial charge in [-0.1, -0.05) is 37.3 Å². The van der Waals surface area contributed by atoms with Gasteiger partial charge in [-0.2, -0.15) is 0 Å². The van der Waals surface area contributed by atoms with Crippen LogP contribution in [0.2, 0.25) is 0 Å². The van der Waals surface area contributed by atoms with Crippen LogP contribution >= 0.6 is 0 Å². The third-order valence-electron chi connectivity index (χ3n) is 2.75. The van der Waals surface area contributed by atoms with Gasteiger partial charge >= 0.3 is 0 Å². The summed E-state index contributed by atoms with van der Waals surface area (Å²) in [5.74, 6) is 0.387. The molecule has 0 aliphatic carbocycles. The van der Waals surface area contributed by atoms with Gasteiger partial charge in [0.1, 0.15) is 0 Å². The lowest BCUT2D eigenvalue weighted by Gasteiger charge is -2.20. The van der Waals surface area contributed by atoms with Gasteiger partial charge in [0.05, 0.1) is 6.54 Å². The summed E-state index contributed by atoms with van der Waals surface area (Å²) in [6, 6.07) is 10.2. The molecule has 1 aromatic rings. The van der Waals surface area contributed by atoms with E-state index < -0.39 is 0 Å². The van der Waals surface area contributed by atoms with Gasteiger partial charge in [-0.3, -0.25) is 4.79 Å². The minimum Gasteiger partial charge on any atom is -0.354 e. The van der Waals surface area contributed by atoms with E-state index in [1.165, 1.54) is 5.56 Å². The van der Waals surface area contributed by atoms with Crippen molar-refractivity contribution in [2.45, 2.75) is 39.2 Å². The summed E-state index contributed by atoms with van der Waals surface area (Å²) in [6.45, 7) is 9.30. The fraction of sp³-hybridized carbons (Fsp3) is 0.533. The Hall–Kier alpha value is -1.35. The quantitative estimate of drug-likeness (QED) is 0.839. The van der Waals surface area contributed by atoms with E-state index in [-0.39, 0.29) is 11.4 Å². The van der Waals surface area contributed by atoms with Crippen molar-refractivity contribution in [2.24, 2.45) is 0 Å². The summed E-state index contributed by atoms with van der Waals surface area (Å²) in [5, 5.41) is 6.13. The molecule has 100 valence electrons. The SMILES string of the molecule is CC(CNC(=O)CNC(C)(C)C)c1ccccc1. The number of amides is 1. The van der Waals surface area contributed by atoms with E-state index in [2.05, 4.69) is 29.7 Å². The van der Waals surface area contributed by atoms with Crippen molar-refractivity contribution in [2.75, 3.05) is 13.1 Å². The van der Waals surface area contributed by atoms with Crippen LogP contribution in [0.1, 0.15) is 39.2 Å². The van der Waals surface area contributed by atoms with Gasteiger partial charge in [0.2, 0.25) is 5.91 Å². The van der Waals surface area contributed by atoms with Crippen molar-refractivity contribution >= 4 is 5.91 Å². The van der Waals surface area contributed by atoms with Crippen LogP contribution in [0.15, 0.2) is 30.3 Å². The second-order valence-corrected chi connectivity index (χ2v) is 5.72. The Balaban J connectivity index is 2.31. The highest BCUT2D eigenvalue weighted by Gasteiger charge is 2.12. The molecule has 0 heterocycles. The first kappa shape index (κ1) is 14.7. The van der Waals surface area contributed by atoms with E-state index >= 15 is 0 Å². The lowest BCUT2D eigenvalue weighted by Crippen LogP contribution is -2.43. The molecule has 3 nitrogen and oxygen atoms in total. The predicted octanol–water partition coefficient (Wildman–Crippen LogP) is 2.29. The average molecular weight is 248 g/mol. The Morgan fingerprint density at radius 2 is 1.83 bits per heavy atom. The van der Waals surface area contributed by atoms with Gasteiger partial charge in [0.15, 0.2) is 0 Å². The summed E-state index contributed by atoms with van der Waals surface area (Å²) in [4.78, 5) is 11.7. The Kier molecular flexibility index (Phi) is 5.35. The molecule has 0 bridgehead atoms. The summed E-state index contributed by atoms with van der Waals surface area (Å²) in [6.07, 6.45) is 0. The minimum atomic E-state index is -0.0254. The summed E-state index contributed by atoms with van der Waals surface area (Å²) < 4.78 is 0. The standard InChI is InChI=1S/C15H24N2O/c1-12(13-8-6-5-7-9-13)10-16-14(18)11-17-15(2,3)4/h5-9,12,17H,10-11H2,1-4H3,(H,16,18). The number of hydrogen-bond donors (Lipinski definition) is 2. The van der Waals surface area contributed by atoms with E-state index in [1.807, 2.05) is 39.0 Å². The number of carbonyl (C=O) groups excluding carboxylic acids is 1. The molecule has 0 aromatic heterocycles. The second-order valence-electron chi connectivity index (χ2n) is 5.72. The first-order valence-electron chi connectivity index (χ1n) is 6.45. The first-order chi connectivity index (χ1) is 8.38. The Bertz CT molecular complexity index is 368. The van der Waals surface area contributed by atoms with Crippen molar-refractivity contribution in [1.29, 1.82) is 0 Å². The van der Waals surface area contributed by atoms with E-state index in [1.54, 1.807) is 0 Å². The summed E-state index contributed by atoms with van der Waals surface area (Å²) in [7, 11) is 0. The van der Waals surface area contributed by atoms with Crippen LogP contribution in [-0.4, -0.2) is 24.5 Å². The molecule has 0 saturated carbocycles. The summed E-state index contributed by atoms with van der Waals surface area (Å²) in [5.41, 5.74) is 1.23. The number of nitrogens with one attached hydrogen (secondary N) is 2.